The van der Waals surface area contributed by atoms with Gasteiger partial charge in [0, 0.05) is 24.2 Å². The third-order valence-electron chi connectivity index (χ3n) is 4.90. The fourth-order valence-electron chi connectivity index (χ4n) is 3.24. The first kappa shape index (κ1) is 21.9. The van der Waals surface area contributed by atoms with Gasteiger partial charge in [0.1, 0.15) is 10.1 Å². The van der Waals surface area contributed by atoms with Gasteiger partial charge in [-0.15, -0.1) is 0 Å². The fraction of sp³-hybridized carbons (Fsp3) is 0.0800. The number of halogens is 1. The highest BCUT2D eigenvalue weighted by Gasteiger charge is 2.32. The average molecular weight is 463 g/mol. The van der Waals surface area contributed by atoms with E-state index >= 15 is 0 Å². The van der Waals surface area contributed by atoms with Crippen LogP contribution in [-0.4, -0.2) is 27.6 Å². The molecule has 160 valence electrons. The van der Waals surface area contributed by atoms with Gasteiger partial charge >= 0.3 is 0 Å². The van der Waals surface area contributed by atoms with Gasteiger partial charge in [-0.3, -0.25) is 14.5 Å². The number of anilines is 1. The highest BCUT2D eigenvalue weighted by molar-refractivity contribution is 8.26. The number of carbonyl (C=O) groups is 2. The second kappa shape index (κ2) is 9.89. The molecule has 1 aliphatic heterocycles. The maximum Gasteiger partial charge on any atom is 0.266 e. The molecule has 1 saturated heterocycles. The smallest absolute Gasteiger partial charge is 0.266 e. The summed E-state index contributed by atoms with van der Waals surface area (Å²) in [4.78, 5) is 26.8. The van der Waals surface area contributed by atoms with Crippen LogP contribution in [0.5, 0.6) is 0 Å². The third kappa shape index (κ3) is 5.12. The maximum atomic E-state index is 13.9. The van der Waals surface area contributed by atoms with E-state index in [0.717, 1.165) is 22.9 Å². The van der Waals surface area contributed by atoms with E-state index in [4.69, 9.17) is 12.2 Å². The van der Waals surface area contributed by atoms with E-state index in [1.165, 1.54) is 17.0 Å². The van der Waals surface area contributed by atoms with Crippen molar-refractivity contribution in [3.63, 3.8) is 0 Å². The molecule has 0 radical (unpaired) electrons. The van der Waals surface area contributed by atoms with Crippen molar-refractivity contribution in [2.75, 3.05) is 11.9 Å². The number of nitrogens with one attached hydrogen (secondary N) is 1. The van der Waals surface area contributed by atoms with Crippen molar-refractivity contribution in [1.82, 2.24) is 4.90 Å². The quantitative estimate of drug-likeness (QED) is 0.376. The molecule has 4 nitrogen and oxygen atoms in total. The van der Waals surface area contributed by atoms with Gasteiger partial charge in [0.2, 0.25) is 5.91 Å². The fourth-order valence-corrected chi connectivity index (χ4v) is 4.54. The molecule has 1 heterocycles. The van der Waals surface area contributed by atoms with E-state index < -0.39 is 5.82 Å². The molecule has 1 N–H and O–H groups in total. The molecule has 0 saturated carbocycles. The number of rotatable bonds is 6. The molecule has 2 amide bonds. The molecule has 0 aliphatic carbocycles. The third-order valence-corrected chi connectivity index (χ3v) is 6.28. The highest BCUT2D eigenvalue weighted by Crippen LogP contribution is 2.33. The summed E-state index contributed by atoms with van der Waals surface area (Å²) in [7, 11) is 0. The summed E-state index contributed by atoms with van der Waals surface area (Å²) < 4.78 is 14.2. The summed E-state index contributed by atoms with van der Waals surface area (Å²) in [6.45, 7) is 0.160. The van der Waals surface area contributed by atoms with Crippen molar-refractivity contribution in [2.45, 2.75) is 6.42 Å². The maximum absolute atomic E-state index is 13.9. The molecular formula is C25H19FN2O2S2. The lowest BCUT2D eigenvalue weighted by Crippen LogP contribution is -2.31. The van der Waals surface area contributed by atoms with Crippen LogP contribution in [0, 0.1) is 5.82 Å². The minimum Gasteiger partial charge on any atom is -0.326 e. The zero-order chi connectivity index (χ0) is 22.5. The molecule has 0 aromatic heterocycles. The SMILES string of the molecule is O=C(CCN1C(=O)/C(=C/c2ccccc2F)SC1=S)Nc1ccc(-c2ccccc2)cc1. The topological polar surface area (TPSA) is 49.4 Å². The highest BCUT2D eigenvalue weighted by atomic mass is 32.2. The number of nitrogens with zero attached hydrogens (tertiary/aromatic N) is 1. The average Bonchev–Trinajstić information content (AvgIpc) is 3.07. The molecule has 7 heteroatoms. The standard InChI is InChI=1S/C25H19FN2O2S2/c26-21-9-5-4-8-19(21)16-22-24(30)28(25(31)32-22)15-14-23(29)27-20-12-10-18(11-13-20)17-6-2-1-3-7-17/h1-13,16H,14-15H2,(H,27,29)/b22-16-. The summed E-state index contributed by atoms with van der Waals surface area (Å²) >= 11 is 6.40. The molecule has 0 atom stereocenters. The first-order valence-corrected chi connectivity index (χ1v) is 11.2. The Morgan fingerprint density at radius 3 is 2.34 bits per heavy atom. The number of thioether (sulfide) groups is 1. The van der Waals surface area contributed by atoms with Crippen molar-refractivity contribution in [3.05, 3.63) is 95.1 Å². The van der Waals surface area contributed by atoms with Crippen LogP contribution >= 0.6 is 24.0 Å². The van der Waals surface area contributed by atoms with Crippen molar-refractivity contribution >= 4 is 51.9 Å². The van der Waals surface area contributed by atoms with Gasteiger partial charge < -0.3 is 5.32 Å². The number of carbonyl (C=O) groups excluding carboxylic acids is 2. The first-order chi connectivity index (χ1) is 15.5. The Morgan fingerprint density at radius 1 is 0.969 bits per heavy atom. The molecule has 3 aromatic rings. The Hall–Kier alpha value is -3.29. The Labute approximate surface area is 195 Å². The lowest BCUT2D eigenvalue weighted by Gasteiger charge is -2.14. The minimum absolute atomic E-state index is 0.0971. The van der Waals surface area contributed by atoms with E-state index in [0.29, 0.717) is 20.5 Å². The molecule has 1 fully saturated rings. The molecule has 32 heavy (non-hydrogen) atoms. The van der Waals surface area contributed by atoms with Crippen LogP contribution in [0.2, 0.25) is 0 Å². The number of thiocarbonyl (C=S) groups is 1. The first-order valence-electron chi connectivity index (χ1n) is 9.96. The van der Waals surface area contributed by atoms with Crippen molar-refractivity contribution in [2.24, 2.45) is 0 Å². The van der Waals surface area contributed by atoms with Crippen LogP contribution in [0.3, 0.4) is 0 Å². The number of hydrogen-bond acceptors (Lipinski definition) is 4. The van der Waals surface area contributed by atoms with Gasteiger partial charge in [-0.2, -0.15) is 0 Å². The molecule has 1 aliphatic rings. The predicted octanol–water partition coefficient (Wildman–Crippen LogP) is 5.72. The van der Waals surface area contributed by atoms with Crippen molar-refractivity contribution in [3.8, 4) is 11.1 Å². The van der Waals surface area contributed by atoms with Gasteiger partial charge in [-0.25, -0.2) is 4.39 Å². The largest absolute Gasteiger partial charge is 0.326 e. The van der Waals surface area contributed by atoms with Crippen molar-refractivity contribution in [1.29, 1.82) is 0 Å². The number of amides is 2. The number of benzene rings is 3. The second-order valence-corrected chi connectivity index (χ2v) is 8.77. The molecule has 0 bridgehead atoms. The van der Waals surface area contributed by atoms with E-state index in [9.17, 15) is 14.0 Å². The lowest BCUT2D eigenvalue weighted by molar-refractivity contribution is -0.122. The van der Waals surface area contributed by atoms with Crippen LogP contribution < -0.4 is 5.32 Å². The summed E-state index contributed by atoms with van der Waals surface area (Å²) in [6.07, 6.45) is 1.59. The van der Waals surface area contributed by atoms with Crippen molar-refractivity contribution < 1.29 is 14.0 Å². The Balaban J connectivity index is 1.34. The predicted molar refractivity (Wildman–Crippen MR) is 131 cm³/mol. The van der Waals surface area contributed by atoms with E-state index in [1.54, 1.807) is 18.2 Å². The van der Waals surface area contributed by atoms with Crippen LogP contribution in [0.1, 0.15) is 12.0 Å². The van der Waals surface area contributed by atoms with Crippen LogP contribution in [0.4, 0.5) is 10.1 Å². The summed E-state index contributed by atoms with van der Waals surface area (Å²) in [6, 6.07) is 23.8. The van der Waals surface area contributed by atoms with E-state index in [1.807, 2.05) is 54.6 Å². The van der Waals surface area contributed by atoms with Crippen LogP contribution in [0.25, 0.3) is 17.2 Å². The zero-order valence-corrected chi connectivity index (χ0v) is 18.6. The van der Waals surface area contributed by atoms with E-state index in [2.05, 4.69) is 5.32 Å². The van der Waals surface area contributed by atoms with Gasteiger partial charge in [-0.1, -0.05) is 84.6 Å². The summed E-state index contributed by atoms with van der Waals surface area (Å²) in [5.41, 5.74) is 3.16. The lowest BCUT2D eigenvalue weighted by atomic mass is 10.1. The minimum atomic E-state index is -0.407. The Kier molecular flexibility index (Phi) is 6.78. The second-order valence-electron chi connectivity index (χ2n) is 7.10. The molecule has 0 spiro atoms. The molecular weight excluding hydrogens is 443 g/mol. The monoisotopic (exact) mass is 462 g/mol. The number of hydrogen-bond donors (Lipinski definition) is 1. The zero-order valence-electron chi connectivity index (χ0n) is 17.0. The normalized spacial score (nSPS) is 14.8. The molecule has 0 unspecified atom stereocenters. The summed E-state index contributed by atoms with van der Waals surface area (Å²) in [5.74, 6) is -0.941. The van der Waals surface area contributed by atoms with Gasteiger partial charge in [-0.05, 0) is 35.4 Å². The van der Waals surface area contributed by atoms with E-state index in [-0.39, 0.29) is 24.8 Å². The van der Waals surface area contributed by atoms with Gasteiger partial charge in [0.15, 0.2) is 0 Å². The molecule has 3 aromatic carbocycles. The Morgan fingerprint density at radius 2 is 1.62 bits per heavy atom. The van der Waals surface area contributed by atoms with Crippen LogP contribution in [0.15, 0.2) is 83.8 Å². The molecule has 4 rings (SSSR count). The summed E-state index contributed by atoms with van der Waals surface area (Å²) in [5, 5.41) is 2.84. The Bertz CT molecular complexity index is 1190. The van der Waals surface area contributed by atoms with Crippen LogP contribution in [-0.2, 0) is 9.59 Å². The van der Waals surface area contributed by atoms with Gasteiger partial charge in [0.25, 0.3) is 5.91 Å². The van der Waals surface area contributed by atoms with Gasteiger partial charge in [0.05, 0.1) is 4.91 Å².